The number of thiol groups is 2. The number of nitrogens with two attached hydrogens (primary N) is 1. The van der Waals surface area contributed by atoms with Gasteiger partial charge in [-0.1, -0.05) is 82.6 Å². The Bertz CT molecular complexity index is 3120. The number of carboxylic acid groups (broad SMARTS) is 1. The van der Waals surface area contributed by atoms with Crippen molar-refractivity contribution in [3.63, 3.8) is 0 Å². The molecule has 0 saturated heterocycles. The largest absolute Gasteiger partial charge is 0.508 e. The predicted octanol–water partition coefficient (Wildman–Crippen LogP) is -0.247. The number of amides is 9. The second-order valence-corrected chi connectivity index (χ2v) is 21.6. The van der Waals surface area contributed by atoms with Gasteiger partial charge in [0.25, 0.3) is 0 Å². The van der Waals surface area contributed by atoms with Gasteiger partial charge < -0.3 is 78.9 Å². The van der Waals surface area contributed by atoms with Gasteiger partial charge in [-0.05, 0) is 66.1 Å². The van der Waals surface area contributed by atoms with Crippen LogP contribution < -0.4 is 53.6 Å². The van der Waals surface area contributed by atoms with Crippen molar-refractivity contribution in [3.8, 4) is 5.75 Å². The number of phenolic OH excluding ortho intramolecular Hbond substituents is 1. The number of aliphatic hydroxyl groups excluding tert-OH is 1. The van der Waals surface area contributed by atoms with Crippen molar-refractivity contribution in [1.82, 2.24) is 57.8 Å². The highest BCUT2D eigenvalue weighted by Gasteiger charge is 2.37. The van der Waals surface area contributed by atoms with E-state index in [0.717, 1.165) is 21.8 Å². The van der Waals surface area contributed by atoms with E-state index in [-0.39, 0.29) is 48.9 Å². The molecule has 0 aliphatic carbocycles. The number of aromatic hydroxyl groups is 1. The molecular weight excluding hydrogens is 1120 g/mol. The molecule has 3 aromatic carbocycles. The molecule has 27 heteroatoms. The summed E-state index contributed by atoms with van der Waals surface area (Å²) in [5.74, 6) is -10.0. The molecule has 2 aromatic heterocycles. The number of carbonyl (C=O) groups excluding carboxylic acids is 9. The molecule has 0 spiro atoms. The van der Waals surface area contributed by atoms with Gasteiger partial charge in [0.05, 0.1) is 25.2 Å². The first-order chi connectivity index (χ1) is 39.9. The molecule has 84 heavy (non-hydrogen) atoms. The molecule has 0 aliphatic rings. The van der Waals surface area contributed by atoms with Crippen LogP contribution in [0.2, 0.25) is 0 Å². The summed E-state index contributed by atoms with van der Waals surface area (Å²) in [6, 6.07) is 9.22. The minimum absolute atomic E-state index is 0.000514. The molecule has 0 bridgehead atoms. The molecule has 454 valence electrons. The summed E-state index contributed by atoms with van der Waals surface area (Å²) in [6.07, 6.45) is 1.63. The van der Waals surface area contributed by atoms with Crippen LogP contribution >= 0.6 is 25.3 Å². The Hall–Kier alpha value is -8.14. The standard InChI is InChI=1S/C57H76N12O13S2/c1-6-30(4)48(55(79)67-43(21-33-23-59-39-13-9-7-11-36(33)39)51(75)62-26-47(73)64-45(28-84)57(81)82)68-56(80)49(31(5)70)69-54(78)41(19-29(2)3)65-53(77)44(22-34-24-60-40-14-10-8-12-37(34)40)66-52(76)42(20-32-15-17-35(71)18-16-32)63-46(72)25-61-50(74)38(58)27-83/h7-18,23-24,29-31,38,41-45,48-49,59-60,70-71,83-84H,6,19-22,25-28,58H2,1-5H3,(H,61,74)(H,62,75)(H,63,72)(H,64,73)(H,65,77)(H,66,76)(H,67,79)(H,68,80)(H,69,78)(H,81,82)/t30-,31+,38-,41-,42-,43-,44-,45-,48-,49-/m0/s1. The Labute approximate surface area is 496 Å². The topological polar surface area (TPSA) is 397 Å². The maximum atomic E-state index is 14.7. The highest BCUT2D eigenvalue weighted by atomic mass is 32.1. The second kappa shape index (κ2) is 32.1. The molecule has 0 saturated carbocycles. The van der Waals surface area contributed by atoms with Gasteiger partial charge in [-0.15, -0.1) is 0 Å². The average Bonchev–Trinajstić information content (AvgIpc) is 4.30. The zero-order valence-electron chi connectivity index (χ0n) is 47.2. The number of aliphatic carboxylic acids is 1. The quantitative estimate of drug-likeness (QED) is 0.0247. The van der Waals surface area contributed by atoms with Gasteiger partial charge in [0.2, 0.25) is 53.2 Å². The van der Waals surface area contributed by atoms with E-state index in [9.17, 15) is 63.3 Å². The number of phenols is 1. The van der Waals surface area contributed by atoms with Crippen molar-refractivity contribution in [2.75, 3.05) is 24.6 Å². The first-order valence-electron chi connectivity index (χ1n) is 27.3. The number of nitrogens with one attached hydrogen (secondary N) is 11. The van der Waals surface area contributed by atoms with Crippen LogP contribution in [-0.2, 0) is 67.2 Å². The fraction of sp³-hybridized carbons (Fsp3) is 0.439. The van der Waals surface area contributed by atoms with Gasteiger partial charge in [0.15, 0.2) is 0 Å². The first kappa shape index (κ1) is 66.7. The van der Waals surface area contributed by atoms with Crippen LogP contribution in [0.3, 0.4) is 0 Å². The van der Waals surface area contributed by atoms with Gasteiger partial charge in [-0.25, -0.2) is 4.79 Å². The van der Waals surface area contributed by atoms with E-state index in [1.807, 2.05) is 18.2 Å². The zero-order chi connectivity index (χ0) is 61.8. The number of hydrogen-bond donors (Lipinski definition) is 17. The first-order valence-corrected chi connectivity index (χ1v) is 28.6. The van der Waals surface area contributed by atoms with Crippen LogP contribution in [0, 0.1) is 11.8 Å². The van der Waals surface area contributed by atoms with E-state index in [2.05, 4.69) is 83.1 Å². The monoisotopic (exact) mass is 1200 g/mol. The van der Waals surface area contributed by atoms with Gasteiger partial charge in [-0.2, -0.15) is 25.3 Å². The summed E-state index contributed by atoms with van der Waals surface area (Å²) in [6.45, 7) is 6.97. The number of aliphatic hydroxyl groups is 1. The number of fused-ring (bicyclic) bond motifs is 2. The molecule has 25 nitrogen and oxygen atoms in total. The lowest BCUT2D eigenvalue weighted by Gasteiger charge is -2.30. The number of carboxylic acids is 1. The number of aromatic amines is 2. The van der Waals surface area contributed by atoms with Crippen molar-refractivity contribution in [3.05, 3.63) is 102 Å². The Morgan fingerprint density at radius 3 is 1.49 bits per heavy atom. The van der Waals surface area contributed by atoms with Crippen molar-refractivity contribution in [1.29, 1.82) is 0 Å². The summed E-state index contributed by atoms with van der Waals surface area (Å²) < 4.78 is 0. The maximum absolute atomic E-state index is 14.7. The fourth-order valence-corrected chi connectivity index (χ4v) is 9.41. The van der Waals surface area contributed by atoms with Crippen LogP contribution in [-0.4, -0.2) is 163 Å². The smallest absolute Gasteiger partial charge is 0.327 e. The van der Waals surface area contributed by atoms with E-state index in [4.69, 9.17) is 5.73 Å². The van der Waals surface area contributed by atoms with Crippen LogP contribution in [0.5, 0.6) is 5.75 Å². The van der Waals surface area contributed by atoms with Crippen LogP contribution in [0.4, 0.5) is 0 Å². The summed E-state index contributed by atoms with van der Waals surface area (Å²) in [7, 11) is 0. The third-order valence-corrected chi connectivity index (χ3v) is 14.6. The normalized spacial score (nSPS) is 14.9. The number of hydrogen-bond acceptors (Lipinski definition) is 15. The molecular formula is C57H76N12O13S2. The molecule has 2 heterocycles. The van der Waals surface area contributed by atoms with Gasteiger partial charge >= 0.3 is 5.97 Å². The number of carbonyl (C=O) groups is 10. The molecule has 5 rings (SSSR count). The summed E-state index contributed by atoms with van der Waals surface area (Å²) >= 11 is 7.97. The summed E-state index contributed by atoms with van der Waals surface area (Å²) in [5, 5.41) is 55.0. The molecule has 0 unspecified atom stereocenters. The molecule has 5 aromatic rings. The zero-order valence-corrected chi connectivity index (χ0v) is 49.0. The van der Waals surface area contributed by atoms with Gasteiger partial charge in [0, 0.05) is 65.0 Å². The van der Waals surface area contributed by atoms with Crippen LogP contribution in [0.1, 0.15) is 64.2 Å². The van der Waals surface area contributed by atoms with Crippen LogP contribution in [0.15, 0.2) is 85.2 Å². The Morgan fingerprint density at radius 1 is 0.536 bits per heavy atom. The lowest BCUT2D eigenvalue weighted by Crippen LogP contribution is -2.62. The summed E-state index contributed by atoms with van der Waals surface area (Å²) in [5.41, 5.74) is 8.91. The minimum atomic E-state index is -1.73. The van der Waals surface area contributed by atoms with Crippen molar-refractivity contribution >= 4 is 106 Å². The maximum Gasteiger partial charge on any atom is 0.327 e. The van der Waals surface area contributed by atoms with E-state index >= 15 is 0 Å². The highest BCUT2D eigenvalue weighted by molar-refractivity contribution is 7.80. The van der Waals surface area contributed by atoms with E-state index in [1.54, 1.807) is 70.4 Å². The third kappa shape index (κ3) is 19.5. The minimum Gasteiger partial charge on any atom is -0.508 e. The van der Waals surface area contributed by atoms with Crippen molar-refractivity contribution in [2.24, 2.45) is 17.6 Å². The lowest BCUT2D eigenvalue weighted by atomic mass is 9.96. The molecule has 0 fully saturated rings. The number of aromatic nitrogens is 2. The Balaban J connectivity index is 1.38. The fourth-order valence-electron chi connectivity index (χ4n) is 9.00. The average molecular weight is 1200 g/mol. The van der Waals surface area contributed by atoms with Crippen molar-refractivity contribution in [2.45, 2.75) is 121 Å². The molecule has 16 N–H and O–H groups in total. The van der Waals surface area contributed by atoms with Crippen LogP contribution in [0.25, 0.3) is 21.8 Å². The lowest BCUT2D eigenvalue weighted by molar-refractivity contribution is -0.141. The van der Waals surface area contributed by atoms with Gasteiger partial charge in [0.1, 0.15) is 48.0 Å². The number of H-pyrrole nitrogens is 2. The molecule has 0 radical (unpaired) electrons. The van der Waals surface area contributed by atoms with Crippen molar-refractivity contribution < 1.29 is 63.3 Å². The number of benzene rings is 3. The Kier molecular flexibility index (Phi) is 25.4. The summed E-state index contributed by atoms with van der Waals surface area (Å²) in [4.78, 5) is 142. The van der Waals surface area contributed by atoms with E-state index < -0.39 is 133 Å². The SMILES string of the molecule is CC[C@H](C)[C@H](NC(=O)[C@@H](NC(=O)[C@H](CC(C)C)NC(=O)[C@H](Cc1c[nH]c2ccccc12)NC(=O)[C@H](Cc1ccc(O)cc1)NC(=O)CNC(=O)[C@@H](N)CS)[C@@H](C)O)C(=O)N[C@@H](Cc1c[nH]c2ccccc12)C(=O)NCC(=O)N[C@@H](CS)C(=O)O. The Morgan fingerprint density at radius 2 is 0.988 bits per heavy atom. The second-order valence-electron chi connectivity index (χ2n) is 20.9. The molecule has 0 aliphatic heterocycles. The molecule has 10 atom stereocenters. The van der Waals surface area contributed by atoms with E-state index in [1.165, 1.54) is 31.2 Å². The highest BCUT2D eigenvalue weighted by Crippen LogP contribution is 2.22. The predicted molar refractivity (Wildman–Crippen MR) is 319 cm³/mol. The van der Waals surface area contributed by atoms with Gasteiger partial charge in [-0.3, -0.25) is 43.2 Å². The molecule has 9 amide bonds. The number of para-hydroxylation sites is 2. The van der Waals surface area contributed by atoms with E-state index in [0.29, 0.717) is 23.1 Å². The third-order valence-electron chi connectivity index (χ3n) is 13.9. The number of rotatable bonds is 32.